The molecule has 0 aliphatic heterocycles. The Labute approximate surface area is 279 Å². The van der Waals surface area contributed by atoms with Gasteiger partial charge in [0, 0.05) is 17.9 Å². The van der Waals surface area contributed by atoms with E-state index < -0.39 is 0 Å². The third kappa shape index (κ3) is 6.09. The molecule has 0 nitrogen and oxygen atoms in total. The summed E-state index contributed by atoms with van der Waals surface area (Å²) in [6.07, 6.45) is 41.2. The van der Waals surface area contributed by atoms with E-state index in [1.165, 1.54) is 83.9 Å². The first-order chi connectivity index (χ1) is 19.7. The molecule has 0 aromatic heterocycles. The predicted molar refractivity (Wildman–Crippen MR) is 182 cm³/mol. The van der Waals surface area contributed by atoms with Crippen LogP contribution in [0.3, 0.4) is 0 Å². The normalized spacial score (nSPS) is 52.8. The first-order valence-electron chi connectivity index (χ1n) is 19.1. The van der Waals surface area contributed by atoms with E-state index >= 15 is 0 Å². The summed E-state index contributed by atoms with van der Waals surface area (Å²) in [5, 5.41) is 0. The van der Waals surface area contributed by atoms with Crippen LogP contribution in [0.4, 0.5) is 0 Å². The second kappa shape index (κ2) is 13.6. The Bertz CT molecular complexity index is 860. The molecule has 11 fully saturated rings. The Morgan fingerprint density at radius 2 is 0.791 bits per heavy atom. The molecule has 0 amide bonds. The summed E-state index contributed by atoms with van der Waals surface area (Å²) < 4.78 is 0. The van der Waals surface area contributed by atoms with E-state index in [1.54, 1.807) is 116 Å². The molecule has 0 saturated heterocycles. The Morgan fingerprint density at radius 3 is 1.19 bits per heavy atom. The van der Waals surface area contributed by atoms with Crippen molar-refractivity contribution < 1.29 is 17.9 Å². The van der Waals surface area contributed by atoms with Crippen LogP contribution in [0.2, 0.25) is 0 Å². The zero-order chi connectivity index (χ0) is 26.2. The van der Waals surface area contributed by atoms with Crippen LogP contribution in [0.15, 0.2) is 24.3 Å². The fourth-order valence-corrected chi connectivity index (χ4v) is 15.0. The molecule has 12 unspecified atom stereocenters. The van der Waals surface area contributed by atoms with E-state index in [2.05, 4.69) is 24.3 Å². The van der Waals surface area contributed by atoms with E-state index in [4.69, 9.17) is 0 Å². The van der Waals surface area contributed by atoms with E-state index in [1.807, 2.05) is 0 Å². The van der Waals surface area contributed by atoms with Crippen molar-refractivity contribution in [3.63, 3.8) is 0 Å². The molecular formula is C42H70Ni. The molecule has 0 spiro atoms. The number of fused-ring (bicyclic) bond motifs is 15. The van der Waals surface area contributed by atoms with Crippen LogP contribution in [0.1, 0.15) is 145 Å². The molecule has 11 saturated carbocycles. The third-order valence-corrected chi connectivity index (χ3v) is 16.2. The molecule has 13 aliphatic rings. The van der Waals surface area contributed by atoms with Crippen molar-refractivity contribution in [1.82, 2.24) is 0 Å². The molecule has 10 bridgehead atoms. The first-order valence-corrected chi connectivity index (χ1v) is 19.1. The van der Waals surface area contributed by atoms with Gasteiger partial charge in [0.15, 0.2) is 0 Å². The van der Waals surface area contributed by atoms with Crippen LogP contribution in [0.5, 0.6) is 0 Å². The number of hydrogen-bond acceptors (Lipinski definition) is 0. The molecule has 13 rings (SSSR count). The molecule has 13 aliphatic carbocycles. The summed E-state index contributed by atoms with van der Waals surface area (Å²) in [6, 6.07) is 0. The zero-order valence-electron chi connectivity index (χ0n) is 26.0. The van der Waals surface area contributed by atoms with Crippen molar-refractivity contribution in [2.24, 2.45) is 94.7 Å². The minimum Gasteiger partial charge on any atom is -0.0879 e. The standard InChI is InChI=1S/3C10H16.C10H12.2CH4.Ni.H2/c1-7-2-9-4-8(1)5-10(3-7)6-9;3*1-2-9-7-4-5-8(6-7)10(9)3-1;;;;/h3*7-10H,1-6H2;1-2,4-5,7-10H,3,6H2;2*1H4;;1H. The Balaban J connectivity index is 0.000000113. The fraction of sp³-hybridized carbons (Fsp3) is 0.905. The van der Waals surface area contributed by atoms with Crippen molar-refractivity contribution in [2.45, 2.75) is 143 Å². The topological polar surface area (TPSA) is 0 Å². The summed E-state index contributed by atoms with van der Waals surface area (Å²) in [5.41, 5.74) is 0. The van der Waals surface area contributed by atoms with Crippen molar-refractivity contribution in [2.75, 3.05) is 0 Å². The zero-order valence-corrected chi connectivity index (χ0v) is 27.0. The maximum atomic E-state index is 2.44. The minimum atomic E-state index is 0. The van der Waals surface area contributed by atoms with E-state index in [9.17, 15) is 0 Å². The molecule has 0 N–H and O–H groups in total. The van der Waals surface area contributed by atoms with Crippen molar-refractivity contribution in [3.8, 4) is 0 Å². The molecule has 0 heterocycles. The molecule has 43 heavy (non-hydrogen) atoms. The predicted octanol–water partition coefficient (Wildman–Crippen LogP) is 12.4. The molecular weight excluding hydrogens is 563 g/mol. The van der Waals surface area contributed by atoms with Crippen LogP contribution < -0.4 is 0 Å². The second-order valence-corrected chi connectivity index (χ2v) is 17.9. The number of allylic oxidation sites excluding steroid dienone is 4. The summed E-state index contributed by atoms with van der Waals surface area (Å²) >= 11 is 0. The van der Waals surface area contributed by atoms with Gasteiger partial charge in [-0.3, -0.25) is 0 Å². The average Bonchev–Trinajstić information content (AvgIpc) is 3.83. The van der Waals surface area contributed by atoms with Gasteiger partial charge in [-0.1, -0.05) is 52.0 Å². The van der Waals surface area contributed by atoms with Crippen LogP contribution >= 0.6 is 0 Å². The molecule has 12 atom stereocenters. The molecule has 0 aromatic carbocycles. The van der Waals surface area contributed by atoms with Gasteiger partial charge >= 0.3 is 0 Å². The van der Waals surface area contributed by atoms with Gasteiger partial charge in [-0.05, 0) is 210 Å². The van der Waals surface area contributed by atoms with Gasteiger partial charge in [-0.2, -0.15) is 0 Å². The minimum absolute atomic E-state index is 0. The Hall–Kier alpha value is -0.0265. The largest absolute Gasteiger partial charge is 0.0879 e. The van der Waals surface area contributed by atoms with Gasteiger partial charge in [0.25, 0.3) is 0 Å². The number of rotatable bonds is 0. The van der Waals surface area contributed by atoms with Gasteiger partial charge in [0.05, 0.1) is 0 Å². The van der Waals surface area contributed by atoms with Crippen molar-refractivity contribution >= 4 is 0 Å². The molecule has 248 valence electrons. The quantitative estimate of drug-likeness (QED) is 0.184. The molecule has 1 heteroatoms. The average molecular weight is 634 g/mol. The van der Waals surface area contributed by atoms with E-state index in [0.717, 1.165) is 23.7 Å². The maximum absolute atomic E-state index is 2.44. The first kappa shape index (κ1) is 32.9. The van der Waals surface area contributed by atoms with E-state index in [0.29, 0.717) is 0 Å². The van der Waals surface area contributed by atoms with Crippen molar-refractivity contribution in [1.29, 1.82) is 0 Å². The van der Waals surface area contributed by atoms with Gasteiger partial charge < -0.3 is 0 Å². The number of hydrogen-bond donors (Lipinski definition) is 0. The maximum Gasteiger partial charge on any atom is 0 e. The van der Waals surface area contributed by atoms with Crippen molar-refractivity contribution in [3.05, 3.63) is 24.3 Å². The summed E-state index contributed by atoms with van der Waals surface area (Å²) in [5.74, 6) is 18.1. The van der Waals surface area contributed by atoms with Gasteiger partial charge in [-0.25, -0.2) is 0 Å². The summed E-state index contributed by atoms with van der Waals surface area (Å²) in [6.45, 7) is 0. The van der Waals surface area contributed by atoms with Gasteiger partial charge in [-0.15, -0.1) is 0 Å². The third-order valence-electron chi connectivity index (χ3n) is 16.2. The van der Waals surface area contributed by atoms with Gasteiger partial charge in [0.2, 0.25) is 0 Å². The van der Waals surface area contributed by atoms with Crippen LogP contribution in [0, 0.1) is 94.7 Å². The molecule has 0 aromatic rings. The smallest absolute Gasteiger partial charge is 0 e. The second-order valence-electron chi connectivity index (χ2n) is 17.9. The summed E-state index contributed by atoms with van der Waals surface area (Å²) in [7, 11) is 0. The molecule has 0 radical (unpaired) electrons. The van der Waals surface area contributed by atoms with Crippen LogP contribution in [0.25, 0.3) is 0 Å². The monoisotopic (exact) mass is 632 g/mol. The summed E-state index contributed by atoms with van der Waals surface area (Å²) in [4.78, 5) is 0. The van der Waals surface area contributed by atoms with Gasteiger partial charge in [0.1, 0.15) is 0 Å². The van der Waals surface area contributed by atoms with Crippen LogP contribution in [-0.2, 0) is 16.5 Å². The Kier molecular flexibility index (Phi) is 10.4. The fourth-order valence-electron chi connectivity index (χ4n) is 15.0. The SMILES string of the molecule is C.C.C1=CC2C3C=CC(C3)C2C1.C1C2CC3CC1CC(C2)C3.C1CC2C3CCC(C3)C2C1.C1CC2C3CCC(C3)C2C1.[HH].[Ni]. The Morgan fingerprint density at radius 1 is 0.395 bits per heavy atom. The van der Waals surface area contributed by atoms with E-state index in [-0.39, 0.29) is 32.8 Å². The van der Waals surface area contributed by atoms with Crippen LogP contribution in [-0.4, -0.2) is 0 Å².